The van der Waals surface area contributed by atoms with Crippen LogP contribution in [0.3, 0.4) is 0 Å². The van der Waals surface area contributed by atoms with E-state index in [2.05, 4.69) is 72.3 Å². The number of rotatable bonds is 2. The summed E-state index contributed by atoms with van der Waals surface area (Å²) in [6.45, 7) is 4.58. The van der Waals surface area contributed by atoms with Crippen LogP contribution in [0.1, 0.15) is 25.8 Å². The largest absolute Gasteiger partial charge is 0.0876 e. The van der Waals surface area contributed by atoms with Crippen LogP contribution in [0.4, 0.5) is 0 Å². The Labute approximate surface area is 106 Å². The first-order valence-electron chi connectivity index (χ1n) is 5.65. The molecule has 0 bridgehead atoms. The van der Waals surface area contributed by atoms with Crippen molar-refractivity contribution in [3.63, 3.8) is 0 Å². The van der Waals surface area contributed by atoms with E-state index in [9.17, 15) is 0 Å². The molecule has 0 radical (unpaired) electrons. The number of hydrogen-bond donors (Lipinski definition) is 0. The Balaban J connectivity index is 2.44. The molecular formula is C15H17Br. The van der Waals surface area contributed by atoms with Crippen LogP contribution in [0.15, 0.2) is 48.1 Å². The van der Waals surface area contributed by atoms with Crippen LogP contribution >= 0.6 is 15.9 Å². The van der Waals surface area contributed by atoms with E-state index >= 15 is 0 Å². The van der Waals surface area contributed by atoms with Crippen LogP contribution in [-0.4, -0.2) is 5.33 Å². The molecule has 0 amide bonds. The molecule has 1 heteroatoms. The highest BCUT2D eigenvalue weighted by molar-refractivity contribution is 9.09. The minimum Gasteiger partial charge on any atom is -0.0876 e. The summed E-state index contributed by atoms with van der Waals surface area (Å²) in [5, 5.41) is 0.934. The topological polar surface area (TPSA) is 0 Å². The molecule has 0 aliphatic heterocycles. The van der Waals surface area contributed by atoms with Crippen LogP contribution in [-0.2, 0) is 0 Å². The van der Waals surface area contributed by atoms with Crippen molar-refractivity contribution < 1.29 is 0 Å². The molecule has 0 saturated carbocycles. The van der Waals surface area contributed by atoms with Gasteiger partial charge in [0.2, 0.25) is 0 Å². The Hall–Kier alpha value is -0.820. The Bertz CT molecular complexity index is 424. The van der Waals surface area contributed by atoms with Gasteiger partial charge in [-0.1, -0.05) is 72.3 Å². The Morgan fingerprint density at radius 2 is 1.88 bits per heavy atom. The van der Waals surface area contributed by atoms with Crippen molar-refractivity contribution in [1.82, 2.24) is 0 Å². The third kappa shape index (κ3) is 2.46. The lowest BCUT2D eigenvalue weighted by Gasteiger charge is -2.28. The zero-order valence-electron chi connectivity index (χ0n) is 9.83. The number of halogens is 1. The van der Waals surface area contributed by atoms with Gasteiger partial charge in [-0.25, -0.2) is 0 Å². The van der Waals surface area contributed by atoms with Crippen molar-refractivity contribution in [2.45, 2.75) is 20.3 Å². The number of alkyl halides is 1. The van der Waals surface area contributed by atoms with Crippen LogP contribution in [0.5, 0.6) is 0 Å². The zero-order valence-corrected chi connectivity index (χ0v) is 11.4. The quantitative estimate of drug-likeness (QED) is 0.680. The van der Waals surface area contributed by atoms with Crippen LogP contribution in [0, 0.1) is 5.41 Å². The molecule has 84 valence electrons. The van der Waals surface area contributed by atoms with E-state index < -0.39 is 0 Å². The third-order valence-electron chi connectivity index (χ3n) is 3.02. The average molecular weight is 277 g/mol. The highest BCUT2D eigenvalue weighted by Gasteiger charge is 2.22. The van der Waals surface area contributed by atoms with Gasteiger partial charge >= 0.3 is 0 Å². The first-order valence-corrected chi connectivity index (χ1v) is 6.77. The van der Waals surface area contributed by atoms with Crippen molar-refractivity contribution >= 4 is 21.5 Å². The van der Waals surface area contributed by atoms with Gasteiger partial charge in [-0.2, -0.15) is 0 Å². The predicted octanol–water partition coefficient (Wildman–Crippen LogP) is 4.82. The van der Waals surface area contributed by atoms with Crippen LogP contribution in [0.25, 0.3) is 5.57 Å². The molecule has 0 spiro atoms. The van der Waals surface area contributed by atoms with E-state index in [0.717, 1.165) is 11.8 Å². The summed E-state index contributed by atoms with van der Waals surface area (Å²) in [6, 6.07) is 10.7. The number of allylic oxidation sites excluding steroid dienone is 4. The van der Waals surface area contributed by atoms with Crippen molar-refractivity contribution in [2.24, 2.45) is 5.41 Å². The maximum Gasteiger partial charge on any atom is 0.0285 e. The summed E-state index contributed by atoms with van der Waals surface area (Å²) in [5.41, 5.74) is 4.52. The Morgan fingerprint density at radius 3 is 2.50 bits per heavy atom. The van der Waals surface area contributed by atoms with E-state index in [1.54, 1.807) is 0 Å². The van der Waals surface area contributed by atoms with Gasteiger partial charge in [-0.05, 0) is 28.5 Å². The molecule has 16 heavy (non-hydrogen) atoms. The Morgan fingerprint density at radius 1 is 1.19 bits per heavy atom. The first kappa shape index (κ1) is 11.7. The molecule has 0 heterocycles. The molecule has 1 aliphatic carbocycles. The van der Waals surface area contributed by atoms with Gasteiger partial charge in [-0.15, -0.1) is 0 Å². The predicted molar refractivity (Wildman–Crippen MR) is 74.7 cm³/mol. The molecule has 0 nitrogen and oxygen atoms in total. The van der Waals surface area contributed by atoms with Gasteiger partial charge < -0.3 is 0 Å². The Kier molecular flexibility index (Phi) is 3.34. The minimum atomic E-state index is 0.275. The molecule has 1 aromatic carbocycles. The average Bonchev–Trinajstić information content (AvgIpc) is 2.29. The van der Waals surface area contributed by atoms with Gasteiger partial charge in [0.25, 0.3) is 0 Å². The highest BCUT2D eigenvalue weighted by Crippen LogP contribution is 2.38. The van der Waals surface area contributed by atoms with Crippen molar-refractivity contribution in [3.8, 4) is 0 Å². The minimum absolute atomic E-state index is 0.275. The summed E-state index contributed by atoms with van der Waals surface area (Å²) in [6.07, 6.45) is 5.70. The number of hydrogen-bond acceptors (Lipinski definition) is 0. The lowest BCUT2D eigenvalue weighted by molar-refractivity contribution is 0.490. The summed E-state index contributed by atoms with van der Waals surface area (Å²) < 4.78 is 0. The lowest BCUT2D eigenvalue weighted by atomic mass is 9.77. The van der Waals surface area contributed by atoms with Crippen molar-refractivity contribution in [1.29, 1.82) is 0 Å². The van der Waals surface area contributed by atoms with E-state index in [4.69, 9.17) is 0 Å². The maximum atomic E-state index is 3.58. The monoisotopic (exact) mass is 276 g/mol. The first-order chi connectivity index (χ1) is 7.62. The summed E-state index contributed by atoms with van der Waals surface area (Å²) in [4.78, 5) is 0. The van der Waals surface area contributed by atoms with Crippen molar-refractivity contribution in [2.75, 3.05) is 5.33 Å². The number of benzene rings is 1. The van der Waals surface area contributed by atoms with Gasteiger partial charge in [0.05, 0.1) is 0 Å². The fraction of sp³-hybridized carbons (Fsp3) is 0.333. The molecule has 0 fully saturated rings. The van der Waals surface area contributed by atoms with Gasteiger partial charge in [0, 0.05) is 5.33 Å². The molecule has 0 saturated heterocycles. The molecule has 0 atom stereocenters. The third-order valence-corrected chi connectivity index (χ3v) is 3.63. The fourth-order valence-electron chi connectivity index (χ4n) is 2.11. The molecule has 1 aromatic rings. The normalized spacial score (nSPS) is 18.9. The SMILES string of the molecule is CC1(C)C=CC(CBr)=C(c2ccccc2)C1. The van der Waals surface area contributed by atoms with Crippen LogP contribution in [0.2, 0.25) is 0 Å². The second kappa shape index (κ2) is 4.58. The molecule has 1 aliphatic rings. The van der Waals surface area contributed by atoms with E-state index in [1.165, 1.54) is 16.7 Å². The van der Waals surface area contributed by atoms with E-state index in [0.29, 0.717) is 0 Å². The standard InChI is InChI=1S/C15H17Br/c1-15(2)9-8-13(11-16)14(10-15)12-6-4-3-5-7-12/h3-9H,10-11H2,1-2H3. The summed E-state index contributed by atoms with van der Waals surface area (Å²) in [7, 11) is 0. The molecule has 0 N–H and O–H groups in total. The smallest absolute Gasteiger partial charge is 0.0285 e. The van der Waals surface area contributed by atoms with Gasteiger partial charge in [0.15, 0.2) is 0 Å². The maximum absolute atomic E-state index is 3.58. The molecular weight excluding hydrogens is 260 g/mol. The summed E-state index contributed by atoms with van der Waals surface area (Å²) >= 11 is 3.58. The second-order valence-corrected chi connectivity index (χ2v) is 5.56. The van der Waals surface area contributed by atoms with Gasteiger partial charge in [-0.3, -0.25) is 0 Å². The highest BCUT2D eigenvalue weighted by atomic mass is 79.9. The van der Waals surface area contributed by atoms with Gasteiger partial charge in [0.1, 0.15) is 0 Å². The second-order valence-electron chi connectivity index (χ2n) is 5.00. The van der Waals surface area contributed by atoms with Crippen molar-refractivity contribution in [3.05, 3.63) is 53.6 Å². The molecule has 0 unspecified atom stereocenters. The summed E-state index contributed by atoms with van der Waals surface area (Å²) in [5.74, 6) is 0. The fourth-order valence-corrected chi connectivity index (χ4v) is 2.63. The molecule has 0 aromatic heterocycles. The van der Waals surface area contributed by atoms with Crippen LogP contribution < -0.4 is 0 Å². The lowest BCUT2D eigenvalue weighted by Crippen LogP contribution is -2.13. The zero-order chi connectivity index (χ0) is 11.6. The van der Waals surface area contributed by atoms with E-state index in [1.807, 2.05) is 0 Å². The van der Waals surface area contributed by atoms with E-state index in [-0.39, 0.29) is 5.41 Å². The molecule has 2 rings (SSSR count).